The van der Waals surface area contributed by atoms with Crippen molar-refractivity contribution in [3.63, 3.8) is 0 Å². The summed E-state index contributed by atoms with van der Waals surface area (Å²) in [5.74, 6) is 0.856. The van der Waals surface area contributed by atoms with Crippen molar-refractivity contribution in [2.45, 2.75) is 5.60 Å². The van der Waals surface area contributed by atoms with Crippen LogP contribution < -0.4 is 15.8 Å². The van der Waals surface area contributed by atoms with Gasteiger partial charge in [-0.05, 0) is 48.5 Å². The van der Waals surface area contributed by atoms with Crippen molar-refractivity contribution in [1.29, 1.82) is 0 Å². The first-order valence-corrected chi connectivity index (χ1v) is 10.0. The number of rotatable bonds is 2. The Hall–Kier alpha value is -4.25. The third-order valence-corrected chi connectivity index (χ3v) is 5.80. The number of hydrogen-bond acceptors (Lipinski definition) is 5. The van der Waals surface area contributed by atoms with E-state index in [-0.39, 0.29) is 5.97 Å². The van der Waals surface area contributed by atoms with Gasteiger partial charge in [-0.3, -0.25) is 0 Å². The van der Waals surface area contributed by atoms with Crippen LogP contribution in [0.2, 0.25) is 0 Å². The smallest absolute Gasteiger partial charge is 0.340 e. The summed E-state index contributed by atoms with van der Waals surface area (Å²) in [6.45, 7) is 0. The molecule has 5 nitrogen and oxygen atoms in total. The van der Waals surface area contributed by atoms with Crippen LogP contribution in [0.1, 0.15) is 27.0 Å². The summed E-state index contributed by atoms with van der Waals surface area (Å²) < 4.78 is 12.4. The summed E-state index contributed by atoms with van der Waals surface area (Å²) in [6, 6.07) is 28.7. The van der Waals surface area contributed by atoms with Gasteiger partial charge in [-0.25, -0.2) is 4.79 Å². The monoisotopic (exact) mass is 406 g/mol. The highest BCUT2D eigenvalue weighted by atomic mass is 16.6. The number of nitrogen functional groups attached to an aromatic ring is 1. The molecule has 0 radical (unpaired) electrons. The maximum Gasteiger partial charge on any atom is 0.340 e. The van der Waals surface area contributed by atoms with E-state index in [2.05, 4.69) is 5.32 Å². The minimum Gasteiger partial charge on any atom is -0.456 e. The molecule has 4 aromatic rings. The Labute approximate surface area is 179 Å². The van der Waals surface area contributed by atoms with Crippen molar-refractivity contribution >= 4 is 23.0 Å². The third-order valence-electron chi connectivity index (χ3n) is 5.80. The van der Waals surface area contributed by atoms with Gasteiger partial charge in [-0.2, -0.15) is 0 Å². The number of para-hydroxylation sites is 1. The predicted octanol–water partition coefficient (Wildman–Crippen LogP) is 5.58. The highest BCUT2D eigenvalue weighted by Crippen LogP contribution is 2.56. The number of nitrogens with two attached hydrogens (primary N) is 1. The number of carbonyl (C=O) groups is 1. The van der Waals surface area contributed by atoms with Gasteiger partial charge in [0, 0.05) is 39.8 Å². The molecule has 150 valence electrons. The second-order valence-corrected chi connectivity index (χ2v) is 7.68. The van der Waals surface area contributed by atoms with Crippen molar-refractivity contribution in [2.75, 3.05) is 11.1 Å². The van der Waals surface area contributed by atoms with Crippen LogP contribution in [0.4, 0.5) is 17.1 Å². The lowest BCUT2D eigenvalue weighted by Gasteiger charge is -2.36. The number of nitrogens with one attached hydrogen (secondary N) is 1. The first-order valence-electron chi connectivity index (χ1n) is 10.0. The standard InChI is InChI=1S/C26H18N2O3/c27-16-10-12-21-24(14-16)30-23-13-11-18(28-17-6-2-1-3-7-17)15-22(23)26(21)20-9-5-4-8-19(20)25(29)31-26/h1-15,28H,27H2. The van der Waals surface area contributed by atoms with E-state index in [0.29, 0.717) is 22.7 Å². The number of benzene rings is 4. The van der Waals surface area contributed by atoms with Crippen LogP contribution in [-0.2, 0) is 10.3 Å². The van der Waals surface area contributed by atoms with Gasteiger partial charge < -0.3 is 20.5 Å². The molecular weight excluding hydrogens is 388 g/mol. The molecule has 0 amide bonds. The molecule has 0 saturated heterocycles. The largest absolute Gasteiger partial charge is 0.456 e. The molecule has 6 rings (SSSR count). The first-order chi connectivity index (χ1) is 15.1. The lowest BCUT2D eigenvalue weighted by atomic mass is 9.77. The second-order valence-electron chi connectivity index (χ2n) is 7.68. The molecule has 2 aliphatic rings. The maximum atomic E-state index is 12.9. The summed E-state index contributed by atoms with van der Waals surface area (Å²) in [7, 11) is 0. The number of esters is 1. The van der Waals surface area contributed by atoms with Gasteiger partial charge in [0.15, 0.2) is 5.60 Å². The Kier molecular flexibility index (Phi) is 3.62. The molecule has 31 heavy (non-hydrogen) atoms. The molecule has 5 heteroatoms. The molecule has 2 aliphatic heterocycles. The molecule has 0 saturated carbocycles. The van der Waals surface area contributed by atoms with E-state index in [4.69, 9.17) is 15.2 Å². The van der Waals surface area contributed by atoms with Gasteiger partial charge in [0.05, 0.1) is 5.56 Å². The Morgan fingerprint density at radius 1 is 0.710 bits per heavy atom. The van der Waals surface area contributed by atoms with E-state index < -0.39 is 5.60 Å². The fourth-order valence-corrected chi connectivity index (χ4v) is 4.46. The molecule has 1 unspecified atom stereocenters. The van der Waals surface area contributed by atoms with E-state index in [9.17, 15) is 4.79 Å². The topological polar surface area (TPSA) is 73.6 Å². The number of fused-ring (bicyclic) bond motifs is 6. The summed E-state index contributed by atoms with van der Waals surface area (Å²) in [5, 5.41) is 3.41. The third kappa shape index (κ3) is 2.53. The molecule has 1 spiro atoms. The summed E-state index contributed by atoms with van der Waals surface area (Å²) in [6.07, 6.45) is 0. The molecule has 0 bridgehead atoms. The molecular formula is C26H18N2O3. The number of hydrogen-bond donors (Lipinski definition) is 2. The van der Waals surface area contributed by atoms with Crippen LogP contribution in [0.5, 0.6) is 11.5 Å². The van der Waals surface area contributed by atoms with Crippen LogP contribution in [0.15, 0.2) is 91.0 Å². The van der Waals surface area contributed by atoms with E-state index >= 15 is 0 Å². The molecule has 0 fully saturated rings. The van der Waals surface area contributed by atoms with Gasteiger partial charge in [0.1, 0.15) is 11.5 Å². The van der Waals surface area contributed by atoms with Gasteiger partial charge in [0.25, 0.3) is 0 Å². The number of anilines is 3. The molecule has 0 aliphatic carbocycles. The zero-order valence-corrected chi connectivity index (χ0v) is 16.5. The van der Waals surface area contributed by atoms with Gasteiger partial charge in [0.2, 0.25) is 0 Å². The van der Waals surface area contributed by atoms with Crippen molar-refractivity contribution in [2.24, 2.45) is 0 Å². The highest BCUT2D eigenvalue weighted by Gasteiger charge is 2.53. The fraction of sp³-hybridized carbons (Fsp3) is 0.0385. The molecule has 1 atom stereocenters. The quantitative estimate of drug-likeness (QED) is 0.336. The summed E-state index contributed by atoms with van der Waals surface area (Å²) in [4.78, 5) is 12.9. The van der Waals surface area contributed by atoms with Crippen molar-refractivity contribution in [1.82, 2.24) is 0 Å². The predicted molar refractivity (Wildman–Crippen MR) is 119 cm³/mol. The SMILES string of the molecule is Nc1ccc2c(c1)Oc1ccc(Nc3ccccc3)cc1C21OC(=O)c2ccccc21. The molecule has 2 heterocycles. The maximum absolute atomic E-state index is 12.9. The fourth-order valence-electron chi connectivity index (χ4n) is 4.46. The average Bonchev–Trinajstić information content (AvgIpc) is 3.08. The van der Waals surface area contributed by atoms with Crippen LogP contribution >= 0.6 is 0 Å². The van der Waals surface area contributed by atoms with Crippen molar-refractivity contribution in [3.8, 4) is 11.5 Å². The van der Waals surface area contributed by atoms with Crippen LogP contribution in [0, 0.1) is 0 Å². The Balaban J connectivity index is 1.60. The first kappa shape index (κ1) is 17.6. The van der Waals surface area contributed by atoms with E-state index in [1.165, 1.54) is 0 Å². The zero-order valence-electron chi connectivity index (χ0n) is 16.5. The van der Waals surface area contributed by atoms with E-state index in [1.54, 1.807) is 18.2 Å². The Bertz CT molecular complexity index is 1350. The summed E-state index contributed by atoms with van der Waals surface area (Å²) >= 11 is 0. The zero-order chi connectivity index (χ0) is 21.0. The number of ether oxygens (including phenoxy) is 2. The molecule has 4 aromatic carbocycles. The lowest BCUT2D eigenvalue weighted by Crippen LogP contribution is -2.33. The van der Waals surface area contributed by atoms with Crippen LogP contribution in [-0.4, -0.2) is 5.97 Å². The normalized spacial score (nSPS) is 17.9. The second kappa shape index (κ2) is 6.37. The minimum atomic E-state index is -1.10. The highest BCUT2D eigenvalue weighted by molar-refractivity contribution is 5.97. The molecule has 0 aromatic heterocycles. The van der Waals surface area contributed by atoms with Crippen molar-refractivity contribution in [3.05, 3.63) is 113 Å². The van der Waals surface area contributed by atoms with Crippen molar-refractivity contribution < 1.29 is 14.3 Å². The molecule has 3 N–H and O–H groups in total. The minimum absolute atomic E-state index is 0.354. The lowest BCUT2D eigenvalue weighted by molar-refractivity contribution is 0.0224. The number of carbonyl (C=O) groups excluding carboxylic acids is 1. The summed E-state index contributed by atoms with van der Waals surface area (Å²) in [5.41, 5.74) is 10.2. The van der Waals surface area contributed by atoms with E-state index in [1.807, 2.05) is 72.8 Å². The van der Waals surface area contributed by atoms with Gasteiger partial charge in [-0.1, -0.05) is 36.4 Å². The van der Waals surface area contributed by atoms with Crippen LogP contribution in [0.3, 0.4) is 0 Å². The van der Waals surface area contributed by atoms with E-state index in [0.717, 1.165) is 28.1 Å². The Morgan fingerprint density at radius 2 is 1.52 bits per heavy atom. The van der Waals surface area contributed by atoms with Gasteiger partial charge in [-0.15, -0.1) is 0 Å². The average molecular weight is 406 g/mol. The van der Waals surface area contributed by atoms with Gasteiger partial charge >= 0.3 is 5.97 Å². The Morgan fingerprint density at radius 3 is 2.39 bits per heavy atom. The van der Waals surface area contributed by atoms with Crippen LogP contribution in [0.25, 0.3) is 0 Å².